The van der Waals surface area contributed by atoms with Crippen molar-refractivity contribution in [3.8, 4) is 0 Å². The molecule has 1 fully saturated rings. The van der Waals surface area contributed by atoms with Gasteiger partial charge in [0.25, 0.3) is 11.6 Å². The zero-order valence-electron chi connectivity index (χ0n) is 16.3. The smallest absolute Gasteiger partial charge is 0.283 e. The van der Waals surface area contributed by atoms with Gasteiger partial charge in [0.15, 0.2) is 0 Å². The number of fused-ring (bicyclic) bond motifs is 1. The van der Waals surface area contributed by atoms with Crippen LogP contribution in [0.3, 0.4) is 0 Å². The van der Waals surface area contributed by atoms with E-state index >= 15 is 0 Å². The summed E-state index contributed by atoms with van der Waals surface area (Å²) >= 11 is 5.81. The minimum Gasteiger partial charge on any atom is -0.336 e. The summed E-state index contributed by atoms with van der Waals surface area (Å²) in [6, 6.07) is 16.3. The highest BCUT2D eigenvalue weighted by Crippen LogP contribution is 2.26. The van der Waals surface area contributed by atoms with Crippen molar-refractivity contribution in [1.29, 1.82) is 0 Å². The molecule has 8 nitrogen and oxygen atoms in total. The Kier molecular flexibility index (Phi) is 5.65. The number of carbonyl (C=O) groups is 1. The Bertz CT molecular complexity index is 1290. The van der Waals surface area contributed by atoms with E-state index in [0.717, 1.165) is 16.8 Å². The van der Waals surface area contributed by atoms with Crippen LogP contribution < -0.4 is 0 Å². The van der Waals surface area contributed by atoms with Crippen LogP contribution in [0.5, 0.6) is 0 Å². The van der Waals surface area contributed by atoms with Gasteiger partial charge in [0.05, 0.1) is 9.82 Å². The van der Waals surface area contributed by atoms with Gasteiger partial charge >= 0.3 is 0 Å². The first kappa shape index (κ1) is 21.2. The number of amides is 1. The van der Waals surface area contributed by atoms with E-state index in [-0.39, 0.29) is 47.3 Å². The maximum Gasteiger partial charge on any atom is 0.283 e. The van der Waals surface area contributed by atoms with Crippen molar-refractivity contribution in [2.45, 2.75) is 4.90 Å². The van der Waals surface area contributed by atoms with E-state index in [1.54, 1.807) is 18.2 Å². The summed E-state index contributed by atoms with van der Waals surface area (Å²) in [5.41, 5.74) is -0.441. The van der Waals surface area contributed by atoms with Crippen LogP contribution in [-0.2, 0) is 10.0 Å². The lowest BCUT2D eigenvalue weighted by molar-refractivity contribution is -0.385. The highest BCUT2D eigenvalue weighted by molar-refractivity contribution is 7.89. The van der Waals surface area contributed by atoms with Crippen LogP contribution in [0, 0.1) is 10.1 Å². The van der Waals surface area contributed by atoms with Crippen molar-refractivity contribution in [3.63, 3.8) is 0 Å². The molecule has 0 spiro atoms. The molecule has 3 aromatic carbocycles. The first-order valence-corrected chi connectivity index (χ1v) is 11.3. The van der Waals surface area contributed by atoms with E-state index in [4.69, 9.17) is 11.6 Å². The monoisotopic (exact) mass is 459 g/mol. The second-order valence-corrected chi connectivity index (χ2v) is 9.50. The summed E-state index contributed by atoms with van der Waals surface area (Å²) in [7, 11) is -3.72. The summed E-state index contributed by atoms with van der Waals surface area (Å²) in [4.78, 5) is 25.1. The van der Waals surface area contributed by atoms with E-state index in [1.807, 2.05) is 24.3 Å². The zero-order valence-corrected chi connectivity index (χ0v) is 17.8. The average Bonchev–Trinajstić information content (AvgIpc) is 2.78. The third kappa shape index (κ3) is 4.12. The third-order valence-corrected chi connectivity index (χ3v) is 7.40. The first-order valence-electron chi connectivity index (χ1n) is 9.49. The fourth-order valence-corrected chi connectivity index (χ4v) is 5.24. The second kappa shape index (κ2) is 8.26. The summed E-state index contributed by atoms with van der Waals surface area (Å²) in [5, 5.41) is 13.2. The zero-order chi connectivity index (χ0) is 22.2. The maximum absolute atomic E-state index is 13.1. The molecule has 10 heteroatoms. The number of hydrogen-bond donors (Lipinski definition) is 0. The molecule has 1 aliphatic rings. The number of nitro benzene ring substituents is 1. The number of nitrogens with zero attached hydrogens (tertiary/aromatic N) is 3. The molecule has 0 radical (unpaired) electrons. The van der Waals surface area contributed by atoms with Crippen LogP contribution in [0.4, 0.5) is 5.69 Å². The molecule has 4 rings (SSSR count). The molecule has 1 aliphatic heterocycles. The van der Waals surface area contributed by atoms with Gasteiger partial charge in [-0.3, -0.25) is 14.9 Å². The normalized spacial score (nSPS) is 15.2. The molecule has 160 valence electrons. The maximum atomic E-state index is 13.1. The predicted molar refractivity (Wildman–Crippen MR) is 117 cm³/mol. The SMILES string of the molecule is O=C(c1ccc(Cl)cc1[N+](=O)[O-])N1CCN(S(=O)(=O)c2ccc3ccccc3c2)CC1. The molecule has 0 saturated carbocycles. The second-order valence-electron chi connectivity index (χ2n) is 7.12. The quantitative estimate of drug-likeness (QED) is 0.438. The molecular weight excluding hydrogens is 442 g/mol. The van der Waals surface area contributed by atoms with Gasteiger partial charge in [-0.05, 0) is 35.0 Å². The number of benzene rings is 3. The van der Waals surface area contributed by atoms with Crippen molar-refractivity contribution >= 4 is 44.0 Å². The molecule has 1 heterocycles. The molecule has 1 saturated heterocycles. The van der Waals surface area contributed by atoms with E-state index < -0.39 is 20.9 Å². The Hall–Kier alpha value is -3.01. The number of rotatable bonds is 4. The van der Waals surface area contributed by atoms with Gasteiger partial charge in [-0.25, -0.2) is 8.42 Å². The van der Waals surface area contributed by atoms with Crippen LogP contribution in [0.15, 0.2) is 65.6 Å². The van der Waals surface area contributed by atoms with Gasteiger partial charge in [0, 0.05) is 37.3 Å². The van der Waals surface area contributed by atoms with Gasteiger partial charge < -0.3 is 4.90 Å². The summed E-state index contributed by atoms with van der Waals surface area (Å²) in [6.07, 6.45) is 0. The van der Waals surface area contributed by atoms with Crippen LogP contribution in [0.1, 0.15) is 10.4 Å². The highest BCUT2D eigenvalue weighted by Gasteiger charge is 2.32. The van der Waals surface area contributed by atoms with Crippen LogP contribution >= 0.6 is 11.6 Å². The lowest BCUT2D eigenvalue weighted by atomic mass is 10.1. The molecule has 0 N–H and O–H groups in total. The number of hydrogen-bond acceptors (Lipinski definition) is 5. The minimum atomic E-state index is -3.72. The topological polar surface area (TPSA) is 101 Å². The standard InChI is InChI=1S/C21H18ClN3O5S/c22-17-6-8-19(20(14-17)25(27)28)21(26)23-9-11-24(12-10-23)31(29,30)18-7-5-15-3-1-2-4-16(15)13-18/h1-8,13-14H,9-12H2. The molecule has 0 atom stereocenters. The molecular formula is C21H18ClN3O5S. The van der Waals surface area contributed by atoms with E-state index in [0.29, 0.717) is 0 Å². The third-order valence-electron chi connectivity index (χ3n) is 5.27. The van der Waals surface area contributed by atoms with Crippen molar-refractivity contribution < 1.29 is 18.1 Å². The molecule has 31 heavy (non-hydrogen) atoms. The Balaban J connectivity index is 1.51. The Morgan fingerprint density at radius 3 is 2.29 bits per heavy atom. The lowest BCUT2D eigenvalue weighted by Crippen LogP contribution is -2.50. The molecule has 0 aliphatic carbocycles. The lowest BCUT2D eigenvalue weighted by Gasteiger charge is -2.34. The van der Waals surface area contributed by atoms with Crippen LogP contribution in [0.25, 0.3) is 10.8 Å². The molecule has 0 unspecified atom stereocenters. The van der Waals surface area contributed by atoms with Gasteiger partial charge in [-0.15, -0.1) is 0 Å². The van der Waals surface area contributed by atoms with Crippen LogP contribution in [-0.4, -0.2) is 54.6 Å². The van der Waals surface area contributed by atoms with E-state index in [1.165, 1.54) is 21.3 Å². The highest BCUT2D eigenvalue weighted by atomic mass is 35.5. The summed E-state index contributed by atoms with van der Waals surface area (Å²) < 4.78 is 27.5. The van der Waals surface area contributed by atoms with Crippen molar-refractivity contribution in [2.24, 2.45) is 0 Å². The fraction of sp³-hybridized carbons (Fsp3) is 0.190. The minimum absolute atomic E-state index is 0.0692. The largest absolute Gasteiger partial charge is 0.336 e. The summed E-state index contributed by atoms with van der Waals surface area (Å²) in [6.45, 7) is 0.460. The van der Waals surface area contributed by atoms with E-state index in [9.17, 15) is 23.3 Å². The van der Waals surface area contributed by atoms with Gasteiger partial charge in [-0.1, -0.05) is 41.9 Å². The Morgan fingerprint density at radius 1 is 0.935 bits per heavy atom. The van der Waals surface area contributed by atoms with Gasteiger partial charge in [0.1, 0.15) is 5.56 Å². The fourth-order valence-electron chi connectivity index (χ4n) is 3.62. The predicted octanol–water partition coefficient (Wildman–Crippen LogP) is 3.55. The van der Waals surface area contributed by atoms with E-state index in [2.05, 4.69) is 0 Å². The summed E-state index contributed by atoms with van der Waals surface area (Å²) in [5.74, 6) is -0.522. The van der Waals surface area contributed by atoms with Crippen molar-refractivity contribution in [3.05, 3.63) is 81.4 Å². The first-order chi connectivity index (χ1) is 14.8. The molecule has 0 aromatic heterocycles. The van der Waals surface area contributed by atoms with Crippen LogP contribution in [0.2, 0.25) is 5.02 Å². The van der Waals surface area contributed by atoms with Crippen molar-refractivity contribution in [2.75, 3.05) is 26.2 Å². The number of halogens is 1. The number of carbonyl (C=O) groups excluding carboxylic acids is 1. The molecule has 0 bridgehead atoms. The number of nitro groups is 1. The van der Waals surface area contributed by atoms with Gasteiger partial charge in [0.2, 0.25) is 10.0 Å². The molecule has 3 aromatic rings. The number of sulfonamides is 1. The number of piperazine rings is 1. The Morgan fingerprint density at radius 2 is 1.61 bits per heavy atom. The van der Waals surface area contributed by atoms with Gasteiger partial charge in [-0.2, -0.15) is 4.31 Å². The molecule has 1 amide bonds. The average molecular weight is 460 g/mol. The van der Waals surface area contributed by atoms with Crippen molar-refractivity contribution in [1.82, 2.24) is 9.21 Å². The Labute approximate surface area is 183 Å².